The van der Waals surface area contributed by atoms with E-state index in [1.807, 2.05) is 24.8 Å². The Hall–Kier alpha value is -1.58. The van der Waals surface area contributed by atoms with Crippen LogP contribution >= 0.6 is 0 Å². The van der Waals surface area contributed by atoms with E-state index in [2.05, 4.69) is 17.2 Å². The van der Waals surface area contributed by atoms with Crippen molar-refractivity contribution in [3.63, 3.8) is 0 Å². The standard InChI is InChI=1S/C14H23N3O/c1-4-7-10-17(6-3)14(18)12-8-9-16-13(11-12)15-5-2/h8-9,11H,4-7,10H2,1-3H3,(H,15,16). The number of carbonyl (C=O) groups excluding carboxylic acids is 1. The van der Waals surface area contributed by atoms with Crippen LogP contribution in [0.4, 0.5) is 5.82 Å². The summed E-state index contributed by atoms with van der Waals surface area (Å²) < 4.78 is 0. The van der Waals surface area contributed by atoms with Gasteiger partial charge in [0.1, 0.15) is 5.82 Å². The monoisotopic (exact) mass is 249 g/mol. The van der Waals surface area contributed by atoms with Gasteiger partial charge in [-0.15, -0.1) is 0 Å². The topological polar surface area (TPSA) is 45.2 Å². The third-order valence-corrected chi connectivity index (χ3v) is 2.82. The molecular formula is C14H23N3O. The number of unbranched alkanes of at least 4 members (excludes halogenated alkanes) is 1. The highest BCUT2D eigenvalue weighted by Gasteiger charge is 2.13. The van der Waals surface area contributed by atoms with Gasteiger partial charge in [-0.1, -0.05) is 13.3 Å². The number of amides is 1. The van der Waals surface area contributed by atoms with Gasteiger partial charge in [-0.3, -0.25) is 4.79 Å². The third-order valence-electron chi connectivity index (χ3n) is 2.82. The normalized spacial score (nSPS) is 10.2. The van der Waals surface area contributed by atoms with Crippen LogP contribution in [-0.4, -0.2) is 35.4 Å². The molecule has 0 atom stereocenters. The van der Waals surface area contributed by atoms with E-state index in [1.165, 1.54) is 0 Å². The zero-order valence-corrected chi connectivity index (χ0v) is 11.6. The summed E-state index contributed by atoms with van der Waals surface area (Å²) in [6.45, 7) is 8.53. The number of pyridine rings is 1. The third kappa shape index (κ3) is 4.02. The molecule has 0 bridgehead atoms. The van der Waals surface area contributed by atoms with Gasteiger partial charge in [-0.05, 0) is 32.4 Å². The Labute approximate surface area is 109 Å². The van der Waals surface area contributed by atoms with Gasteiger partial charge in [0.05, 0.1) is 0 Å². The van der Waals surface area contributed by atoms with Crippen molar-refractivity contribution < 1.29 is 4.79 Å². The first kappa shape index (κ1) is 14.5. The van der Waals surface area contributed by atoms with Crippen LogP contribution in [0.1, 0.15) is 44.0 Å². The van der Waals surface area contributed by atoms with Crippen LogP contribution in [0.5, 0.6) is 0 Å². The summed E-state index contributed by atoms with van der Waals surface area (Å²) in [5, 5.41) is 3.12. The molecule has 0 aliphatic heterocycles. The van der Waals surface area contributed by atoms with Crippen molar-refractivity contribution >= 4 is 11.7 Å². The van der Waals surface area contributed by atoms with Gasteiger partial charge in [0.25, 0.3) is 5.91 Å². The second-order valence-electron chi connectivity index (χ2n) is 4.20. The number of aromatic nitrogens is 1. The molecule has 0 aliphatic rings. The zero-order chi connectivity index (χ0) is 13.4. The summed E-state index contributed by atoms with van der Waals surface area (Å²) >= 11 is 0. The summed E-state index contributed by atoms with van der Waals surface area (Å²) in [5.74, 6) is 0.849. The van der Waals surface area contributed by atoms with Gasteiger partial charge in [-0.25, -0.2) is 4.98 Å². The van der Waals surface area contributed by atoms with E-state index in [0.717, 1.165) is 38.3 Å². The maximum Gasteiger partial charge on any atom is 0.254 e. The minimum absolute atomic E-state index is 0.0903. The molecule has 1 aromatic rings. The largest absolute Gasteiger partial charge is 0.370 e. The fourth-order valence-electron chi connectivity index (χ4n) is 1.78. The first-order valence-corrected chi connectivity index (χ1v) is 6.72. The first-order valence-electron chi connectivity index (χ1n) is 6.72. The molecule has 1 amide bonds. The van der Waals surface area contributed by atoms with Crippen LogP contribution in [0.3, 0.4) is 0 Å². The van der Waals surface area contributed by atoms with Crippen LogP contribution in [0, 0.1) is 0 Å². The summed E-state index contributed by atoms with van der Waals surface area (Å²) in [7, 11) is 0. The molecule has 0 aromatic carbocycles. The first-order chi connectivity index (χ1) is 8.72. The van der Waals surface area contributed by atoms with Crippen LogP contribution in [-0.2, 0) is 0 Å². The van der Waals surface area contributed by atoms with Gasteiger partial charge in [0.15, 0.2) is 0 Å². The van der Waals surface area contributed by atoms with Crippen molar-refractivity contribution in [2.24, 2.45) is 0 Å². The predicted molar refractivity (Wildman–Crippen MR) is 74.9 cm³/mol. The molecule has 0 spiro atoms. The Morgan fingerprint density at radius 2 is 2.17 bits per heavy atom. The molecular weight excluding hydrogens is 226 g/mol. The van der Waals surface area contributed by atoms with Crippen LogP contribution in [0.15, 0.2) is 18.3 Å². The molecule has 1 rings (SSSR count). The molecule has 0 unspecified atom stereocenters. The number of anilines is 1. The molecule has 1 heterocycles. The van der Waals surface area contributed by atoms with E-state index < -0.39 is 0 Å². The highest BCUT2D eigenvalue weighted by atomic mass is 16.2. The van der Waals surface area contributed by atoms with Crippen LogP contribution in [0.2, 0.25) is 0 Å². The summed E-state index contributed by atoms with van der Waals surface area (Å²) in [6, 6.07) is 3.60. The molecule has 18 heavy (non-hydrogen) atoms. The SMILES string of the molecule is CCCCN(CC)C(=O)c1ccnc(NCC)c1. The van der Waals surface area contributed by atoms with Crippen molar-refractivity contribution in [2.75, 3.05) is 25.0 Å². The molecule has 0 saturated carbocycles. The van der Waals surface area contributed by atoms with E-state index in [1.54, 1.807) is 12.3 Å². The Kier molecular flexibility index (Phi) is 6.19. The Morgan fingerprint density at radius 1 is 1.39 bits per heavy atom. The average Bonchev–Trinajstić information content (AvgIpc) is 2.40. The molecule has 0 aliphatic carbocycles. The molecule has 0 radical (unpaired) electrons. The lowest BCUT2D eigenvalue weighted by Gasteiger charge is -2.20. The summed E-state index contributed by atoms with van der Waals surface area (Å²) in [5.41, 5.74) is 0.707. The second-order valence-corrected chi connectivity index (χ2v) is 4.20. The molecule has 0 fully saturated rings. The van der Waals surface area contributed by atoms with Crippen LogP contribution in [0.25, 0.3) is 0 Å². The Bertz CT molecular complexity index is 379. The molecule has 1 N–H and O–H groups in total. The average molecular weight is 249 g/mol. The highest BCUT2D eigenvalue weighted by Crippen LogP contribution is 2.10. The van der Waals surface area contributed by atoms with Crippen molar-refractivity contribution in [1.29, 1.82) is 0 Å². The lowest BCUT2D eigenvalue weighted by atomic mass is 10.2. The Balaban J connectivity index is 2.77. The van der Waals surface area contributed by atoms with Crippen molar-refractivity contribution in [2.45, 2.75) is 33.6 Å². The number of nitrogens with one attached hydrogen (secondary N) is 1. The van der Waals surface area contributed by atoms with Gasteiger partial charge in [0.2, 0.25) is 0 Å². The van der Waals surface area contributed by atoms with Crippen molar-refractivity contribution in [1.82, 2.24) is 9.88 Å². The second kappa shape index (κ2) is 7.69. The number of hydrogen-bond donors (Lipinski definition) is 1. The highest BCUT2D eigenvalue weighted by molar-refractivity contribution is 5.94. The van der Waals surface area contributed by atoms with E-state index >= 15 is 0 Å². The van der Waals surface area contributed by atoms with Gasteiger partial charge in [-0.2, -0.15) is 0 Å². The maximum atomic E-state index is 12.3. The number of carbonyl (C=O) groups is 1. The quantitative estimate of drug-likeness (QED) is 0.808. The zero-order valence-electron chi connectivity index (χ0n) is 11.6. The van der Waals surface area contributed by atoms with Crippen molar-refractivity contribution in [3.8, 4) is 0 Å². The van der Waals surface area contributed by atoms with Crippen molar-refractivity contribution in [3.05, 3.63) is 23.9 Å². The smallest absolute Gasteiger partial charge is 0.254 e. The number of nitrogens with zero attached hydrogens (tertiary/aromatic N) is 2. The molecule has 4 heteroatoms. The van der Waals surface area contributed by atoms with E-state index in [-0.39, 0.29) is 5.91 Å². The summed E-state index contributed by atoms with van der Waals surface area (Å²) in [6.07, 6.45) is 3.83. The lowest BCUT2D eigenvalue weighted by Crippen LogP contribution is -2.31. The van der Waals surface area contributed by atoms with Crippen LogP contribution < -0.4 is 5.32 Å². The molecule has 1 aromatic heterocycles. The lowest BCUT2D eigenvalue weighted by molar-refractivity contribution is 0.0762. The minimum atomic E-state index is 0.0903. The predicted octanol–water partition coefficient (Wildman–Crippen LogP) is 2.78. The molecule has 4 nitrogen and oxygen atoms in total. The van der Waals surface area contributed by atoms with Gasteiger partial charge >= 0.3 is 0 Å². The fraction of sp³-hybridized carbons (Fsp3) is 0.571. The summed E-state index contributed by atoms with van der Waals surface area (Å²) in [4.78, 5) is 18.4. The van der Waals surface area contributed by atoms with Gasteiger partial charge in [0, 0.05) is 31.4 Å². The van der Waals surface area contributed by atoms with E-state index in [4.69, 9.17) is 0 Å². The fourth-order valence-corrected chi connectivity index (χ4v) is 1.78. The minimum Gasteiger partial charge on any atom is -0.370 e. The molecule has 100 valence electrons. The molecule has 0 saturated heterocycles. The maximum absolute atomic E-state index is 12.3. The number of rotatable bonds is 7. The van der Waals surface area contributed by atoms with E-state index in [9.17, 15) is 4.79 Å². The number of hydrogen-bond acceptors (Lipinski definition) is 3. The van der Waals surface area contributed by atoms with E-state index in [0.29, 0.717) is 5.56 Å². The van der Waals surface area contributed by atoms with Gasteiger partial charge < -0.3 is 10.2 Å². The Morgan fingerprint density at radius 3 is 2.78 bits per heavy atom.